The number of aryl methyl sites for hydroxylation is 1. The van der Waals surface area contributed by atoms with Gasteiger partial charge in [-0.05, 0) is 45.4 Å². The Bertz CT molecular complexity index is 438. The van der Waals surface area contributed by atoms with Gasteiger partial charge in [-0.1, -0.05) is 0 Å². The van der Waals surface area contributed by atoms with Crippen LogP contribution in [0.3, 0.4) is 0 Å². The van der Waals surface area contributed by atoms with E-state index < -0.39 is 11.7 Å². The quantitative estimate of drug-likeness (QED) is 0.877. The molecule has 0 saturated heterocycles. The molecule has 0 radical (unpaired) electrons. The van der Waals surface area contributed by atoms with Gasteiger partial charge in [0, 0.05) is 12.7 Å². The first-order valence-electron chi connectivity index (χ1n) is 5.78. The van der Waals surface area contributed by atoms with Gasteiger partial charge < -0.3 is 9.84 Å². The van der Waals surface area contributed by atoms with Gasteiger partial charge >= 0.3 is 6.09 Å². The maximum Gasteiger partial charge on any atom is 0.415 e. The maximum absolute atomic E-state index is 11.9. The fourth-order valence-electron chi connectivity index (χ4n) is 1.41. The fraction of sp³-hybridized carbons (Fsp3) is 0.538. The molecule has 1 aromatic heterocycles. The summed E-state index contributed by atoms with van der Waals surface area (Å²) in [7, 11) is 1.59. The van der Waals surface area contributed by atoms with Gasteiger partial charge in [0.1, 0.15) is 11.4 Å². The lowest BCUT2D eigenvalue weighted by Crippen LogP contribution is -2.34. The standard InChI is InChI=1S/C13H20N2O3/c1-9-6-10(8-16)7-11(14-9)15(5)12(17)18-13(2,3)4/h6-7,16H,8H2,1-5H3. The first-order valence-corrected chi connectivity index (χ1v) is 5.78. The van der Waals surface area contributed by atoms with Gasteiger partial charge in [0.15, 0.2) is 0 Å². The number of ether oxygens (including phenoxy) is 1. The summed E-state index contributed by atoms with van der Waals surface area (Å²) in [5, 5.41) is 9.13. The van der Waals surface area contributed by atoms with Crippen LogP contribution in [-0.2, 0) is 11.3 Å². The largest absolute Gasteiger partial charge is 0.443 e. The number of anilines is 1. The molecule has 5 heteroatoms. The SMILES string of the molecule is Cc1cc(CO)cc(N(C)C(=O)OC(C)(C)C)n1. The van der Waals surface area contributed by atoms with E-state index in [1.807, 2.05) is 27.7 Å². The van der Waals surface area contributed by atoms with Crippen LogP contribution in [0.1, 0.15) is 32.0 Å². The average molecular weight is 252 g/mol. The number of carbonyl (C=O) groups is 1. The highest BCUT2D eigenvalue weighted by molar-refractivity contribution is 5.86. The summed E-state index contributed by atoms with van der Waals surface area (Å²) in [5.74, 6) is 0.466. The smallest absolute Gasteiger partial charge is 0.415 e. The van der Waals surface area contributed by atoms with Crippen molar-refractivity contribution in [1.29, 1.82) is 0 Å². The van der Waals surface area contributed by atoms with Crippen LogP contribution >= 0.6 is 0 Å². The van der Waals surface area contributed by atoms with E-state index in [0.717, 1.165) is 5.69 Å². The van der Waals surface area contributed by atoms with E-state index in [1.165, 1.54) is 4.90 Å². The van der Waals surface area contributed by atoms with Crippen molar-refractivity contribution >= 4 is 11.9 Å². The minimum absolute atomic E-state index is 0.0848. The monoisotopic (exact) mass is 252 g/mol. The molecule has 1 heterocycles. The third kappa shape index (κ3) is 4.00. The Kier molecular flexibility index (Phi) is 4.29. The highest BCUT2D eigenvalue weighted by Crippen LogP contribution is 2.17. The Labute approximate surface area is 107 Å². The molecular formula is C13H20N2O3. The summed E-state index contributed by atoms with van der Waals surface area (Å²) in [6.07, 6.45) is -0.468. The predicted octanol–water partition coefficient (Wildman–Crippen LogP) is 2.25. The van der Waals surface area contributed by atoms with Gasteiger partial charge in [-0.3, -0.25) is 4.90 Å². The number of aromatic nitrogens is 1. The van der Waals surface area contributed by atoms with Crippen molar-refractivity contribution in [2.75, 3.05) is 11.9 Å². The number of hydrogen-bond acceptors (Lipinski definition) is 4. The Balaban J connectivity index is 2.93. The lowest BCUT2D eigenvalue weighted by Gasteiger charge is -2.24. The summed E-state index contributed by atoms with van der Waals surface area (Å²) >= 11 is 0. The van der Waals surface area contributed by atoms with Gasteiger partial charge in [-0.25, -0.2) is 9.78 Å². The molecule has 1 aromatic rings. The summed E-state index contributed by atoms with van der Waals surface area (Å²) in [6.45, 7) is 7.15. The summed E-state index contributed by atoms with van der Waals surface area (Å²) in [6, 6.07) is 3.43. The second-order valence-electron chi connectivity index (χ2n) is 5.17. The van der Waals surface area contributed by atoms with Crippen molar-refractivity contribution in [3.63, 3.8) is 0 Å². The maximum atomic E-state index is 11.9. The molecule has 5 nitrogen and oxygen atoms in total. The number of carbonyl (C=O) groups excluding carboxylic acids is 1. The van der Waals surface area contributed by atoms with Crippen molar-refractivity contribution in [3.8, 4) is 0 Å². The second kappa shape index (κ2) is 5.35. The number of pyridine rings is 1. The third-order valence-electron chi connectivity index (χ3n) is 2.19. The average Bonchev–Trinajstić information content (AvgIpc) is 2.24. The normalized spacial score (nSPS) is 11.2. The molecule has 18 heavy (non-hydrogen) atoms. The van der Waals surface area contributed by atoms with Crippen molar-refractivity contribution in [2.45, 2.75) is 39.9 Å². The lowest BCUT2D eigenvalue weighted by molar-refractivity contribution is 0.0588. The molecule has 0 unspecified atom stereocenters. The Morgan fingerprint density at radius 2 is 2.06 bits per heavy atom. The zero-order valence-corrected chi connectivity index (χ0v) is 11.5. The molecule has 0 fully saturated rings. The highest BCUT2D eigenvalue weighted by Gasteiger charge is 2.21. The number of aliphatic hydroxyl groups excluding tert-OH is 1. The van der Waals surface area contributed by atoms with E-state index in [4.69, 9.17) is 9.84 Å². The van der Waals surface area contributed by atoms with E-state index in [-0.39, 0.29) is 6.61 Å². The van der Waals surface area contributed by atoms with Crippen LogP contribution in [0.15, 0.2) is 12.1 Å². The fourth-order valence-corrected chi connectivity index (χ4v) is 1.41. The molecular weight excluding hydrogens is 232 g/mol. The highest BCUT2D eigenvalue weighted by atomic mass is 16.6. The molecule has 0 aromatic carbocycles. The summed E-state index contributed by atoms with van der Waals surface area (Å²) in [4.78, 5) is 17.4. The van der Waals surface area contributed by atoms with Gasteiger partial charge in [-0.2, -0.15) is 0 Å². The van der Waals surface area contributed by atoms with Crippen molar-refractivity contribution in [3.05, 3.63) is 23.4 Å². The van der Waals surface area contributed by atoms with Crippen LogP contribution < -0.4 is 4.90 Å². The molecule has 0 aliphatic carbocycles. The minimum atomic E-state index is -0.547. The van der Waals surface area contributed by atoms with Gasteiger partial charge in [0.25, 0.3) is 0 Å². The molecule has 1 rings (SSSR count). The van der Waals surface area contributed by atoms with Crippen LogP contribution in [0.2, 0.25) is 0 Å². The van der Waals surface area contributed by atoms with Crippen LogP contribution in [0.5, 0.6) is 0 Å². The minimum Gasteiger partial charge on any atom is -0.443 e. The second-order valence-corrected chi connectivity index (χ2v) is 5.17. The topological polar surface area (TPSA) is 62.7 Å². The number of nitrogens with zero attached hydrogens (tertiary/aromatic N) is 2. The summed E-state index contributed by atoms with van der Waals surface area (Å²) < 4.78 is 5.25. The number of amides is 1. The number of hydrogen-bond donors (Lipinski definition) is 1. The number of aliphatic hydroxyl groups is 1. The molecule has 0 aliphatic rings. The van der Waals surface area contributed by atoms with Gasteiger partial charge in [0.2, 0.25) is 0 Å². The molecule has 0 bridgehead atoms. The molecule has 0 spiro atoms. The van der Waals surface area contributed by atoms with Crippen molar-refractivity contribution in [1.82, 2.24) is 4.98 Å². The van der Waals surface area contributed by atoms with E-state index in [0.29, 0.717) is 11.4 Å². The van der Waals surface area contributed by atoms with E-state index in [2.05, 4.69) is 4.98 Å². The van der Waals surface area contributed by atoms with Crippen molar-refractivity contribution < 1.29 is 14.6 Å². The first-order chi connectivity index (χ1) is 8.23. The van der Waals surface area contributed by atoms with Crippen LogP contribution in [0.25, 0.3) is 0 Å². The van der Waals surface area contributed by atoms with E-state index in [1.54, 1.807) is 19.2 Å². The molecule has 1 N–H and O–H groups in total. The predicted molar refractivity (Wildman–Crippen MR) is 69.5 cm³/mol. The summed E-state index contributed by atoms with van der Waals surface area (Å²) in [5.41, 5.74) is 0.912. The zero-order valence-electron chi connectivity index (χ0n) is 11.5. The molecule has 0 saturated carbocycles. The molecule has 0 atom stereocenters. The van der Waals surface area contributed by atoms with Crippen molar-refractivity contribution in [2.24, 2.45) is 0 Å². The molecule has 0 aliphatic heterocycles. The lowest BCUT2D eigenvalue weighted by atomic mass is 10.2. The van der Waals surface area contributed by atoms with Crippen LogP contribution in [0.4, 0.5) is 10.6 Å². The Morgan fingerprint density at radius 1 is 1.44 bits per heavy atom. The van der Waals surface area contributed by atoms with E-state index in [9.17, 15) is 4.79 Å². The molecule has 100 valence electrons. The first kappa shape index (κ1) is 14.4. The number of rotatable bonds is 2. The Hall–Kier alpha value is -1.62. The molecule has 1 amide bonds. The zero-order chi connectivity index (χ0) is 13.9. The van der Waals surface area contributed by atoms with Gasteiger partial charge in [0.05, 0.1) is 6.61 Å². The van der Waals surface area contributed by atoms with E-state index >= 15 is 0 Å². The van der Waals surface area contributed by atoms with Crippen LogP contribution in [0, 0.1) is 6.92 Å². The van der Waals surface area contributed by atoms with Crippen LogP contribution in [-0.4, -0.2) is 28.8 Å². The third-order valence-corrected chi connectivity index (χ3v) is 2.19. The Morgan fingerprint density at radius 3 is 2.56 bits per heavy atom. The van der Waals surface area contributed by atoms with Gasteiger partial charge in [-0.15, -0.1) is 0 Å².